The molecule has 1 saturated heterocycles. The molecule has 0 radical (unpaired) electrons. The molecule has 4 rings (SSSR count). The molecule has 0 spiro atoms. The molecule has 1 fully saturated rings. The molecule has 0 aromatic heterocycles. The summed E-state index contributed by atoms with van der Waals surface area (Å²) >= 11 is 0. The Labute approximate surface area is 207 Å². The van der Waals surface area contributed by atoms with Crippen LogP contribution >= 0.6 is 0 Å². The first kappa shape index (κ1) is 26.6. The van der Waals surface area contributed by atoms with Gasteiger partial charge in [-0.1, -0.05) is 42.5 Å². The Morgan fingerprint density at radius 1 is 0.892 bits per heavy atom. The van der Waals surface area contributed by atoms with Crippen LogP contribution in [-0.2, 0) is 28.4 Å². The SMILES string of the molecule is O=C(O[C@H]1OCCN(Cc2ccccc2)[C@H]1c1ccc(F)cc1)c1cc(C(F)(F)F)cc(C(F)(F)F)c1. The van der Waals surface area contributed by atoms with Gasteiger partial charge in [0.05, 0.1) is 29.3 Å². The zero-order chi connectivity index (χ0) is 26.8. The molecule has 37 heavy (non-hydrogen) atoms. The number of carbonyl (C=O) groups is 1. The Bertz CT molecular complexity index is 1200. The van der Waals surface area contributed by atoms with Crippen LogP contribution in [0.25, 0.3) is 0 Å². The number of esters is 1. The van der Waals surface area contributed by atoms with Crippen molar-refractivity contribution in [3.63, 3.8) is 0 Å². The van der Waals surface area contributed by atoms with Crippen LogP contribution in [0.3, 0.4) is 0 Å². The quantitative estimate of drug-likeness (QED) is 0.276. The average molecular weight is 527 g/mol. The third-order valence-corrected chi connectivity index (χ3v) is 5.80. The Kier molecular flexibility index (Phi) is 7.56. The van der Waals surface area contributed by atoms with Gasteiger partial charge in [0.1, 0.15) is 5.82 Å². The van der Waals surface area contributed by atoms with Crippen LogP contribution in [0.15, 0.2) is 72.8 Å². The molecule has 1 heterocycles. The molecule has 1 aliphatic rings. The molecule has 3 aromatic carbocycles. The largest absolute Gasteiger partial charge is 0.430 e. The van der Waals surface area contributed by atoms with E-state index in [1.54, 1.807) is 0 Å². The van der Waals surface area contributed by atoms with Crippen molar-refractivity contribution < 1.29 is 45.0 Å². The van der Waals surface area contributed by atoms with E-state index in [0.717, 1.165) is 5.56 Å². The normalized spacial score (nSPS) is 19.0. The number of morpholine rings is 1. The first-order valence-electron chi connectivity index (χ1n) is 11.1. The molecule has 0 amide bonds. The van der Waals surface area contributed by atoms with Crippen molar-refractivity contribution in [1.29, 1.82) is 0 Å². The maximum Gasteiger partial charge on any atom is 0.416 e. The third kappa shape index (κ3) is 6.47. The van der Waals surface area contributed by atoms with E-state index in [2.05, 4.69) is 0 Å². The first-order valence-corrected chi connectivity index (χ1v) is 11.1. The Morgan fingerprint density at radius 2 is 1.49 bits per heavy atom. The Hall–Kier alpha value is -3.44. The number of hydrogen-bond donors (Lipinski definition) is 0. The van der Waals surface area contributed by atoms with Crippen molar-refractivity contribution in [3.8, 4) is 0 Å². The molecule has 0 N–H and O–H groups in total. The molecule has 4 nitrogen and oxygen atoms in total. The molecule has 0 saturated carbocycles. The van der Waals surface area contributed by atoms with Crippen molar-refractivity contribution in [3.05, 3.63) is 106 Å². The van der Waals surface area contributed by atoms with E-state index in [9.17, 15) is 35.5 Å². The summed E-state index contributed by atoms with van der Waals surface area (Å²) in [5, 5.41) is 0. The van der Waals surface area contributed by atoms with Crippen molar-refractivity contribution in [1.82, 2.24) is 4.90 Å². The van der Waals surface area contributed by atoms with Crippen LogP contribution in [0.5, 0.6) is 0 Å². The summed E-state index contributed by atoms with van der Waals surface area (Å²) in [4.78, 5) is 14.7. The molecule has 2 atom stereocenters. The van der Waals surface area contributed by atoms with E-state index < -0.39 is 53.2 Å². The standard InChI is InChI=1S/C26H20F7NO3/c27-21-8-6-17(7-9-21)22-24(36-11-10-34(22)15-16-4-2-1-3-5-16)37-23(35)18-12-19(25(28,29)30)14-20(13-18)26(31,32)33/h1-9,12-14,22,24H,10-11,15H2/t22-,24+/m0/s1. The van der Waals surface area contributed by atoms with Crippen LogP contribution in [0.4, 0.5) is 30.7 Å². The first-order chi connectivity index (χ1) is 17.4. The lowest BCUT2D eigenvalue weighted by Crippen LogP contribution is -2.46. The lowest BCUT2D eigenvalue weighted by Gasteiger charge is -2.40. The number of rotatable bonds is 5. The van der Waals surface area contributed by atoms with Gasteiger partial charge in [-0.2, -0.15) is 26.3 Å². The third-order valence-electron chi connectivity index (χ3n) is 5.80. The molecular weight excluding hydrogens is 507 g/mol. The highest BCUT2D eigenvalue weighted by Crippen LogP contribution is 2.37. The number of alkyl halides is 6. The molecular formula is C26H20F7NO3. The van der Waals surface area contributed by atoms with Crippen LogP contribution in [0, 0.1) is 5.82 Å². The summed E-state index contributed by atoms with van der Waals surface area (Å²) in [5.74, 6) is -1.94. The van der Waals surface area contributed by atoms with Gasteiger partial charge >= 0.3 is 18.3 Å². The number of ether oxygens (including phenoxy) is 2. The van der Waals surface area contributed by atoms with Gasteiger partial charge in [-0.3, -0.25) is 4.90 Å². The summed E-state index contributed by atoms with van der Waals surface area (Å²) in [7, 11) is 0. The van der Waals surface area contributed by atoms with Gasteiger partial charge in [-0.25, -0.2) is 9.18 Å². The maximum absolute atomic E-state index is 13.6. The summed E-state index contributed by atoms with van der Waals surface area (Å²) < 4.78 is 104. The van der Waals surface area contributed by atoms with Gasteiger partial charge in [-0.05, 0) is 41.5 Å². The average Bonchev–Trinajstić information content (AvgIpc) is 2.84. The highest BCUT2D eigenvalue weighted by molar-refractivity contribution is 5.90. The van der Waals surface area contributed by atoms with Gasteiger partial charge in [0, 0.05) is 13.1 Å². The number of hydrogen-bond acceptors (Lipinski definition) is 4. The molecule has 1 aliphatic heterocycles. The van der Waals surface area contributed by atoms with E-state index >= 15 is 0 Å². The second-order valence-electron chi connectivity index (χ2n) is 8.39. The zero-order valence-electron chi connectivity index (χ0n) is 19.0. The fourth-order valence-electron chi connectivity index (χ4n) is 4.06. The monoisotopic (exact) mass is 527 g/mol. The van der Waals surface area contributed by atoms with E-state index in [4.69, 9.17) is 9.47 Å². The lowest BCUT2D eigenvalue weighted by molar-refractivity contribution is -0.186. The molecule has 3 aromatic rings. The van der Waals surface area contributed by atoms with Crippen LogP contribution in [-0.4, -0.2) is 30.3 Å². The van der Waals surface area contributed by atoms with Crippen molar-refractivity contribution in [2.45, 2.75) is 31.2 Å². The van der Waals surface area contributed by atoms with Gasteiger partial charge < -0.3 is 9.47 Å². The lowest BCUT2D eigenvalue weighted by atomic mass is 10.0. The minimum atomic E-state index is -5.12. The van der Waals surface area contributed by atoms with Gasteiger partial charge in [0.2, 0.25) is 6.29 Å². The molecule has 0 aliphatic carbocycles. The molecule has 196 valence electrons. The topological polar surface area (TPSA) is 38.8 Å². The summed E-state index contributed by atoms with van der Waals surface area (Å²) in [6.07, 6.45) is -11.6. The molecule has 11 heteroatoms. The van der Waals surface area contributed by atoms with Gasteiger partial charge in [0.15, 0.2) is 0 Å². The van der Waals surface area contributed by atoms with Crippen LogP contribution < -0.4 is 0 Å². The van der Waals surface area contributed by atoms with Crippen molar-refractivity contribution in [2.75, 3.05) is 13.2 Å². The highest BCUT2D eigenvalue weighted by Gasteiger charge is 2.40. The minimum absolute atomic E-state index is 0.0683. The maximum atomic E-state index is 13.6. The zero-order valence-corrected chi connectivity index (χ0v) is 19.0. The number of halogens is 7. The predicted octanol–water partition coefficient (Wildman–Crippen LogP) is 6.62. The number of nitrogens with zero attached hydrogens (tertiary/aromatic N) is 1. The van der Waals surface area contributed by atoms with Crippen molar-refractivity contribution >= 4 is 5.97 Å². The minimum Gasteiger partial charge on any atom is -0.430 e. The molecule has 0 unspecified atom stereocenters. The Balaban J connectivity index is 1.67. The van der Waals surface area contributed by atoms with Crippen LogP contribution in [0.2, 0.25) is 0 Å². The Morgan fingerprint density at radius 3 is 2.05 bits per heavy atom. The van der Waals surface area contributed by atoms with Crippen molar-refractivity contribution in [2.24, 2.45) is 0 Å². The van der Waals surface area contributed by atoms with E-state index in [-0.39, 0.29) is 12.7 Å². The second kappa shape index (κ2) is 10.5. The summed E-state index contributed by atoms with van der Waals surface area (Å²) in [5.41, 5.74) is -2.83. The number of carbonyl (C=O) groups excluding carboxylic acids is 1. The predicted molar refractivity (Wildman–Crippen MR) is 118 cm³/mol. The van der Waals surface area contributed by atoms with E-state index in [1.807, 2.05) is 35.2 Å². The summed E-state index contributed by atoms with van der Waals surface area (Å²) in [6.45, 7) is 0.799. The highest BCUT2D eigenvalue weighted by atomic mass is 19.4. The van der Waals surface area contributed by atoms with Gasteiger partial charge in [-0.15, -0.1) is 0 Å². The fourth-order valence-corrected chi connectivity index (χ4v) is 4.06. The fraction of sp³-hybridized carbons (Fsp3) is 0.269. The summed E-state index contributed by atoms with van der Waals surface area (Å²) in [6, 6.07) is 14.2. The second-order valence-corrected chi connectivity index (χ2v) is 8.39. The number of benzene rings is 3. The van der Waals surface area contributed by atoms with Crippen LogP contribution in [0.1, 0.15) is 38.7 Å². The van der Waals surface area contributed by atoms with E-state index in [0.29, 0.717) is 30.8 Å². The van der Waals surface area contributed by atoms with E-state index in [1.165, 1.54) is 24.3 Å². The smallest absolute Gasteiger partial charge is 0.416 e. The van der Waals surface area contributed by atoms with Gasteiger partial charge in [0.25, 0.3) is 0 Å². The molecule has 0 bridgehead atoms.